The van der Waals surface area contributed by atoms with Crippen LogP contribution >= 0.6 is 0 Å². The van der Waals surface area contributed by atoms with E-state index in [1.54, 1.807) is 0 Å². The summed E-state index contributed by atoms with van der Waals surface area (Å²) in [5.74, 6) is 0. The maximum absolute atomic E-state index is 8.29. The third kappa shape index (κ3) is 2.41. The number of azide groups is 1. The van der Waals surface area contributed by atoms with Crippen LogP contribution in [-0.2, 0) is 0 Å². The van der Waals surface area contributed by atoms with Crippen LogP contribution in [0.3, 0.4) is 0 Å². The van der Waals surface area contributed by atoms with E-state index >= 15 is 0 Å². The molecule has 0 heterocycles. The van der Waals surface area contributed by atoms with Crippen LogP contribution in [0, 0.1) is 0 Å². The van der Waals surface area contributed by atoms with E-state index < -0.39 is 0 Å². The highest BCUT2D eigenvalue weighted by atomic mass is 15.1. The third-order valence-electron chi connectivity index (χ3n) is 2.12. The minimum absolute atomic E-state index is 0.101. The van der Waals surface area contributed by atoms with E-state index in [4.69, 9.17) is 5.53 Å². The van der Waals surface area contributed by atoms with E-state index in [9.17, 15) is 0 Å². The van der Waals surface area contributed by atoms with Gasteiger partial charge in [0, 0.05) is 24.7 Å². The fourth-order valence-electron chi connectivity index (χ4n) is 1.20. The van der Waals surface area contributed by atoms with E-state index in [0.29, 0.717) is 0 Å². The number of rotatable bonds is 3. The lowest BCUT2D eigenvalue weighted by Crippen LogP contribution is -2.08. The van der Waals surface area contributed by atoms with E-state index in [-0.39, 0.29) is 6.04 Å². The molecule has 0 N–H and O–H groups in total. The van der Waals surface area contributed by atoms with Crippen molar-refractivity contribution in [3.05, 3.63) is 40.3 Å². The molecule has 0 amide bonds. The van der Waals surface area contributed by atoms with Gasteiger partial charge in [0.1, 0.15) is 0 Å². The molecule has 14 heavy (non-hydrogen) atoms. The van der Waals surface area contributed by atoms with Gasteiger partial charge < -0.3 is 4.90 Å². The predicted molar refractivity (Wildman–Crippen MR) is 58.3 cm³/mol. The van der Waals surface area contributed by atoms with Crippen LogP contribution in [0.1, 0.15) is 18.5 Å². The second-order valence-corrected chi connectivity index (χ2v) is 3.37. The van der Waals surface area contributed by atoms with Crippen LogP contribution in [-0.4, -0.2) is 14.1 Å². The van der Waals surface area contributed by atoms with Crippen molar-refractivity contribution in [1.82, 2.24) is 0 Å². The first-order valence-electron chi connectivity index (χ1n) is 4.46. The predicted octanol–water partition coefficient (Wildman–Crippen LogP) is 3.12. The Kier molecular flexibility index (Phi) is 3.37. The van der Waals surface area contributed by atoms with Crippen LogP contribution in [0.15, 0.2) is 29.4 Å². The SMILES string of the molecule is C[C@@H](N=[N+]=[N-])c1ccc(N(C)C)cc1. The molecule has 0 radical (unpaired) electrons. The summed E-state index contributed by atoms with van der Waals surface area (Å²) in [4.78, 5) is 4.81. The molecule has 0 aromatic heterocycles. The summed E-state index contributed by atoms with van der Waals surface area (Å²) >= 11 is 0. The summed E-state index contributed by atoms with van der Waals surface area (Å²) in [6, 6.07) is 7.89. The molecule has 1 aromatic carbocycles. The zero-order valence-corrected chi connectivity index (χ0v) is 8.68. The molecule has 0 saturated heterocycles. The Morgan fingerprint density at radius 3 is 2.29 bits per heavy atom. The zero-order chi connectivity index (χ0) is 10.6. The Morgan fingerprint density at radius 1 is 1.29 bits per heavy atom. The smallest absolute Gasteiger partial charge is 0.0597 e. The largest absolute Gasteiger partial charge is 0.378 e. The third-order valence-corrected chi connectivity index (χ3v) is 2.12. The van der Waals surface area contributed by atoms with Gasteiger partial charge in [-0.1, -0.05) is 24.2 Å². The molecule has 0 fully saturated rings. The highest BCUT2D eigenvalue weighted by Crippen LogP contribution is 2.20. The number of hydrogen-bond donors (Lipinski definition) is 0. The summed E-state index contributed by atoms with van der Waals surface area (Å²) in [7, 11) is 3.98. The van der Waals surface area contributed by atoms with Gasteiger partial charge in [-0.25, -0.2) is 0 Å². The Balaban J connectivity index is 2.87. The molecule has 0 unspecified atom stereocenters. The molecule has 0 aliphatic heterocycles. The van der Waals surface area contributed by atoms with E-state index in [0.717, 1.165) is 11.3 Å². The lowest BCUT2D eigenvalue weighted by molar-refractivity contribution is 0.807. The molecular formula is C10H14N4. The number of anilines is 1. The monoisotopic (exact) mass is 190 g/mol. The van der Waals surface area contributed by atoms with Crippen LogP contribution in [0.2, 0.25) is 0 Å². The van der Waals surface area contributed by atoms with Gasteiger partial charge in [-0.3, -0.25) is 0 Å². The van der Waals surface area contributed by atoms with Crippen LogP contribution in [0.4, 0.5) is 5.69 Å². The van der Waals surface area contributed by atoms with Gasteiger partial charge in [0.15, 0.2) is 0 Å². The van der Waals surface area contributed by atoms with Crippen molar-refractivity contribution in [2.24, 2.45) is 5.11 Å². The molecule has 0 spiro atoms. The minimum Gasteiger partial charge on any atom is -0.378 e. The Hall–Kier alpha value is -1.67. The van der Waals surface area contributed by atoms with Crippen molar-refractivity contribution < 1.29 is 0 Å². The van der Waals surface area contributed by atoms with Gasteiger partial charge in [0.25, 0.3) is 0 Å². The van der Waals surface area contributed by atoms with Crippen LogP contribution in [0.25, 0.3) is 10.4 Å². The van der Waals surface area contributed by atoms with Gasteiger partial charge >= 0.3 is 0 Å². The average Bonchev–Trinajstić information content (AvgIpc) is 2.18. The first-order valence-corrected chi connectivity index (χ1v) is 4.46. The van der Waals surface area contributed by atoms with Gasteiger partial charge in [0.2, 0.25) is 0 Å². The molecule has 1 atom stereocenters. The molecule has 1 aromatic rings. The molecule has 0 saturated carbocycles. The summed E-state index contributed by atoms with van der Waals surface area (Å²) in [6.45, 7) is 1.88. The average molecular weight is 190 g/mol. The van der Waals surface area contributed by atoms with Crippen molar-refractivity contribution in [1.29, 1.82) is 0 Å². The summed E-state index contributed by atoms with van der Waals surface area (Å²) < 4.78 is 0. The van der Waals surface area contributed by atoms with Crippen molar-refractivity contribution in [3.63, 3.8) is 0 Å². The Morgan fingerprint density at radius 2 is 1.86 bits per heavy atom. The minimum atomic E-state index is -0.101. The lowest BCUT2D eigenvalue weighted by Gasteiger charge is -2.13. The summed E-state index contributed by atoms with van der Waals surface area (Å²) in [6.07, 6.45) is 0. The summed E-state index contributed by atoms with van der Waals surface area (Å²) in [5.41, 5.74) is 10.5. The highest BCUT2D eigenvalue weighted by molar-refractivity contribution is 5.46. The molecule has 0 bridgehead atoms. The lowest BCUT2D eigenvalue weighted by atomic mass is 10.1. The zero-order valence-electron chi connectivity index (χ0n) is 8.68. The van der Waals surface area contributed by atoms with Crippen LogP contribution in [0.5, 0.6) is 0 Å². The normalized spacial score (nSPS) is 11.6. The first-order chi connectivity index (χ1) is 6.65. The molecule has 4 heteroatoms. The summed E-state index contributed by atoms with van der Waals surface area (Å²) in [5, 5.41) is 3.64. The Bertz CT molecular complexity index is 336. The quantitative estimate of drug-likeness (QED) is 0.410. The standard InChI is InChI=1S/C10H14N4/c1-8(12-13-11)9-4-6-10(7-5-9)14(2)3/h4-8H,1-3H3/t8-/m1/s1. The number of benzene rings is 1. The topological polar surface area (TPSA) is 52.0 Å². The molecule has 4 nitrogen and oxygen atoms in total. The Labute approximate surface area is 83.8 Å². The molecule has 0 aliphatic rings. The second-order valence-electron chi connectivity index (χ2n) is 3.37. The fraction of sp³-hybridized carbons (Fsp3) is 0.400. The number of nitrogens with zero attached hydrogens (tertiary/aromatic N) is 4. The van der Waals surface area contributed by atoms with E-state index in [1.807, 2.05) is 50.2 Å². The highest BCUT2D eigenvalue weighted by Gasteiger charge is 2.02. The molecule has 0 aliphatic carbocycles. The second kappa shape index (κ2) is 4.53. The fourth-order valence-corrected chi connectivity index (χ4v) is 1.20. The van der Waals surface area contributed by atoms with Gasteiger partial charge in [-0.15, -0.1) is 0 Å². The maximum Gasteiger partial charge on any atom is 0.0597 e. The maximum atomic E-state index is 8.29. The van der Waals surface area contributed by atoms with Gasteiger partial charge in [-0.05, 0) is 23.2 Å². The van der Waals surface area contributed by atoms with Crippen LogP contribution < -0.4 is 4.90 Å². The first kappa shape index (κ1) is 10.4. The molecule has 74 valence electrons. The molecule has 1 rings (SSSR count). The van der Waals surface area contributed by atoms with E-state index in [1.165, 1.54) is 0 Å². The van der Waals surface area contributed by atoms with Crippen molar-refractivity contribution >= 4 is 5.69 Å². The van der Waals surface area contributed by atoms with Crippen molar-refractivity contribution in [2.75, 3.05) is 19.0 Å². The number of hydrogen-bond acceptors (Lipinski definition) is 2. The van der Waals surface area contributed by atoms with Crippen molar-refractivity contribution in [3.8, 4) is 0 Å². The van der Waals surface area contributed by atoms with Crippen molar-refractivity contribution in [2.45, 2.75) is 13.0 Å². The molecular weight excluding hydrogens is 176 g/mol. The van der Waals surface area contributed by atoms with Gasteiger partial charge in [-0.2, -0.15) is 0 Å². The van der Waals surface area contributed by atoms with Gasteiger partial charge in [0.05, 0.1) is 6.04 Å². The van der Waals surface area contributed by atoms with E-state index in [2.05, 4.69) is 10.0 Å².